The Kier molecular flexibility index (Phi) is 4.16. The molecule has 0 bridgehead atoms. The van der Waals surface area contributed by atoms with Gasteiger partial charge in [0.05, 0.1) is 6.42 Å². The van der Waals surface area contributed by atoms with Crippen LogP contribution in [0.1, 0.15) is 6.42 Å². The van der Waals surface area contributed by atoms with E-state index in [1.807, 2.05) is 0 Å². The predicted octanol–water partition coefficient (Wildman–Crippen LogP) is -0.240. The van der Waals surface area contributed by atoms with Gasteiger partial charge in [0.25, 0.3) is 10.2 Å². The highest BCUT2D eigenvalue weighted by molar-refractivity contribution is 7.86. The minimum absolute atomic E-state index is 0.0953. The maximum Gasteiger partial charge on any atom is 0.390 e. The fourth-order valence-electron chi connectivity index (χ4n) is 1.49. The largest absolute Gasteiger partial charge is 0.390 e. The molecule has 1 heterocycles. The second-order valence-corrected chi connectivity index (χ2v) is 5.20. The molecule has 0 saturated carbocycles. The molecule has 0 spiro atoms. The lowest BCUT2D eigenvalue weighted by Gasteiger charge is -2.32. The normalized spacial score (nSPS) is 21.2. The van der Waals surface area contributed by atoms with Crippen LogP contribution in [0.25, 0.3) is 0 Å². The Labute approximate surface area is 92.2 Å². The number of piperazine rings is 1. The number of nitrogens with zero attached hydrogens (tertiary/aromatic N) is 2. The van der Waals surface area contributed by atoms with Crippen molar-refractivity contribution in [2.45, 2.75) is 12.6 Å². The van der Waals surface area contributed by atoms with Gasteiger partial charge in [0, 0.05) is 32.7 Å². The molecule has 1 aliphatic heterocycles. The van der Waals surface area contributed by atoms with Crippen molar-refractivity contribution in [3.63, 3.8) is 0 Å². The monoisotopic (exact) mass is 261 g/mol. The Morgan fingerprint density at radius 1 is 1.12 bits per heavy atom. The van der Waals surface area contributed by atoms with Crippen LogP contribution >= 0.6 is 0 Å². The van der Waals surface area contributed by atoms with Crippen molar-refractivity contribution in [2.75, 3.05) is 32.7 Å². The second-order valence-electron chi connectivity index (χ2n) is 3.65. The predicted molar refractivity (Wildman–Crippen MR) is 51.8 cm³/mol. The Bertz CT molecular complexity index is 322. The van der Waals surface area contributed by atoms with Crippen molar-refractivity contribution in [1.82, 2.24) is 9.21 Å². The molecule has 0 radical (unpaired) electrons. The molecule has 0 atom stereocenters. The van der Waals surface area contributed by atoms with E-state index in [1.165, 1.54) is 0 Å². The van der Waals surface area contributed by atoms with E-state index in [2.05, 4.69) is 0 Å². The van der Waals surface area contributed by atoms with Crippen LogP contribution in [0.5, 0.6) is 0 Å². The van der Waals surface area contributed by atoms with Crippen molar-refractivity contribution in [3.8, 4) is 0 Å². The van der Waals surface area contributed by atoms with Gasteiger partial charge in [-0.25, -0.2) is 5.14 Å². The first-order valence-corrected chi connectivity index (χ1v) is 6.26. The van der Waals surface area contributed by atoms with Gasteiger partial charge >= 0.3 is 6.18 Å². The van der Waals surface area contributed by atoms with Crippen molar-refractivity contribution >= 4 is 10.2 Å². The molecule has 0 aliphatic carbocycles. The molecule has 0 aromatic heterocycles. The number of rotatable bonds is 3. The molecule has 1 saturated heterocycles. The Morgan fingerprint density at radius 3 is 2.00 bits per heavy atom. The van der Waals surface area contributed by atoms with Gasteiger partial charge in [0.2, 0.25) is 0 Å². The Hall–Kier alpha value is -0.380. The first kappa shape index (κ1) is 13.7. The van der Waals surface area contributed by atoms with E-state index in [-0.39, 0.29) is 32.7 Å². The molecule has 0 amide bonds. The zero-order chi connectivity index (χ0) is 12.4. The highest BCUT2D eigenvalue weighted by Gasteiger charge is 2.30. The quantitative estimate of drug-likeness (QED) is 0.762. The number of hydrogen-bond acceptors (Lipinski definition) is 3. The number of hydrogen-bond donors (Lipinski definition) is 1. The zero-order valence-corrected chi connectivity index (χ0v) is 9.39. The molecule has 0 unspecified atom stereocenters. The van der Waals surface area contributed by atoms with Gasteiger partial charge in [-0.05, 0) is 0 Å². The third-order valence-corrected chi connectivity index (χ3v) is 3.49. The maximum atomic E-state index is 11.9. The van der Waals surface area contributed by atoms with Crippen LogP contribution in [-0.4, -0.2) is 56.5 Å². The van der Waals surface area contributed by atoms with Crippen molar-refractivity contribution < 1.29 is 21.6 Å². The molecule has 16 heavy (non-hydrogen) atoms. The molecular weight excluding hydrogens is 247 g/mol. The third kappa shape index (κ3) is 4.64. The molecule has 0 aromatic carbocycles. The van der Waals surface area contributed by atoms with E-state index < -0.39 is 22.8 Å². The molecule has 1 aliphatic rings. The smallest absolute Gasteiger partial charge is 0.300 e. The summed E-state index contributed by atoms with van der Waals surface area (Å²) in [7, 11) is -3.71. The third-order valence-electron chi connectivity index (χ3n) is 2.40. The summed E-state index contributed by atoms with van der Waals surface area (Å²) in [4.78, 5) is 1.58. The summed E-state index contributed by atoms with van der Waals surface area (Å²) in [5.74, 6) is 0. The van der Waals surface area contributed by atoms with Gasteiger partial charge in [-0.15, -0.1) is 0 Å². The molecule has 1 fully saturated rings. The van der Waals surface area contributed by atoms with Crippen LogP contribution in [0.3, 0.4) is 0 Å². The average molecular weight is 261 g/mol. The van der Waals surface area contributed by atoms with Crippen molar-refractivity contribution in [1.29, 1.82) is 0 Å². The average Bonchev–Trinajstić information content (AvgIpc) is 2.13. The fraction of sp³-hybridized carbons (Fsp3) is 1.00. The highest BCUT2D eigenvalue weighted by Crippen LogP contribution is 2.20. The minimum atomic E-state index is -4.17. The second kappa shape index (κ2) is 4.86. The van der Waals surface area contributed by atoms with Crippen LogP contribution in [0, 0.1) is 0 Å². The maximum absolute atomic E-state index is 11.9. The molecular formula is C7H14F3N3O2S. The number of halogens is 3. The SMILES string of the molecule is NS(=O)(=O)N1CCN(CCC(F)(F)F)CC1. The van der Waals surface area contributed by atoms with Crippen LogP contribution in [0.15, 0.2) is 0 Å². The lowest BCUT2D eigenvalue weighted by molar-refractivity contribution is -0.138. The first-order chi connectivity index (χ1) is 7.18. The van der Waals surface area contributed by atoms with Gasteiger partial charge < -0.3 is 4.90 Å². The summed E-state index contributed by atoms with van der Waals surface area (Å²) >= 11 is 0. The standard InChI is InChI=1S/C7H14F3N3O2S/c8-7(9,10)1-2-12-3-5-13(6-4-12)16(11,14)15/h1-6H2,(H2,11,14,15). The summed E-state index contributed by atoms with van der Waals surface area (Å²) in [6.07, 6.45) is -5.04. The van der Waals surface area contributed by atoms with E-state index in [9.17, 15) is 21.6 Å². The molecule has 5 nitrogen and oxygen atoms in total. The number of alkyl halides is 3. The molecule has 0 aromatic rings. The molecule has 96 valence electrons. The summed E-state index contributed by atoms with van der Waals surface area (Å²) in [6, 6.07) is 0. The van der Waals surface area contributed by atoms with Crippen molar-refractivity contribution in [3.05, 3.63) is 0 Å². The molecule has 2 N–H and O–H groups in total. The molecule has 9 heteroatoms. The van der Waals surface area contributed by atoms with Crippen LogP contribution in [-0.2, 0) is 10.2 Å². The van der Waals surface area contributed by atoms with E-state index in [4.69, 9.17) is 5.14 Å². The summed E-state index contributed by atoms with van der Waals surface area (Å²) < 4.78 is 58.7. The van der Waals surface area contributed by atoms with Gasteiger partial charge in [-0.1, -0.05) is 0 Å². The van der Waals surface area contributed by atoms with Crippen molar-refractivity contribution in [2.24, 2.45) is 5.14 Å². The van der Waals surface area contributed by atoms with E-state index in [0.29, 0.717) is 0 Å². The zero-order valence-electron chi connectivity index (χ0n) is 8.57. The topological polar surface area (TPSA) is 66.6 Å². The minimum Gasteiger partial charge on any atom is -0.300 e. The first-order valence-electron chi connectivity index (χ1n) is 4.75. The number of nitrogens with two attached hydrogens (primary N) is 1. The van der Waals surface area contributed by atoms with Gasteiger partial charge in [0.15, 0.2) is 0 Å². The van der Waals surface area contributed by atoms with Gasteiger partial charge in [-0.2, -0.15) is 25.9 Å². The summed E-state index contributed by atoms with van der Waals surface area (Å²) in [5.41, 5.74) is 0. The van der Waals surface area contributed by atoms with Gasteiger partial charge in [-0.3, -0.25) is 0 Å². The van der Waals surface area contributed by atoms with Crippen LogP contribution < -0.4 is 5.14 Å². The highest BCUT2D eigenvalue weighted by atomic mass is 32.2. The summed E-state index contributed by atoms with van der Waals surface area (Å²) in [6.45, 7) is 0.772. The Morgan fingerprint density at radius 2 is 1.62 bits per heavy atom. The molecule has 1 rings (SSSR count). The van der Waals surface area contributed by atoms with Gasteiger partial charge in [0.1, 0.15) is 0 Å². The van der Waals surface area contributed by atoms with Crippen LogP contribution in [0.2, 0.25) is 0 Å². The fourth-order valence-corrected chi connectivity index (χ4v) is 2.16. The van der Waals surface area contributed by atoms with E-state index in [0.717, 1.165) is 4.31 Å². The Balaban J connectivity index is 2.33. The van der Waals surface area contributed by atoms with Crippen LogP contribution in [0.4, 0.5) is 13.2 Å². The van der Waals surface area contributed by atoms with E-state index in [1.54, 1.807) is 4.90 Å². The lowest BCUT2D eigenvalue weighted by atomic mass is 10.3. The summed E-state index contributed by atoms with van der Waals surface area (Å²) in [5, 5.41) is 4.90. The van der Waals surface area contributed by atoms with E-state index >= 15 is 0 Å². The lowest BCUT2D eigenvalue weighted by Crippen LogP contribution is -2.51.